The molecule has 2 heterocycles. The Kier molecular flexibility index (Phi) is 7.26. The molecular formula is C28H31N3O5S. The predicted octanol–water partition coefficient (Wildman–Crippen LogP) is 3.57. The molecule has 1 amide bonds. The molecule has 2 N–H and O–H groups in total. The molecular weight excluding hydrogens is 490 g/mol. The summed E-state index contributed by atoms with van der Waals surface area (Å²) in [4.78, 5) is 29.5. The lowest BCUT2D eigenvalue weighted by Crippen LogP contribution is -2.43. The Morgan fingerprint density at radius 1 is 1.03 bits per heavy atom. The van der Waals surface area contributed by atoms with Crippen LogP contribution in [0.5, 0.6) is 0 Å². The number of aryl methyl sites for hydroxylation is 1. The Morgan fingerprint density at radius 3 is 2.49 bits per heavy atom. The Morgan fingerprint density at radius 2 is 1.76 bits per heavy atom. The number of nitrogens with zero attached hydrogens (tertiary/aromatic N) is 2. The van der Waals surface area contributed by atoms with Crippen molar-refractivity contribution in [1.82, 2.24) is 14.6 Å². The average molecular weight is 522 g/mol. The lowest BCUT2D eigenvalue weighted by atomic mass is 9.90. The van der Waals surface area contributed by atoms with Crippen molar-refractivity contribution in [3.63, 3.8) is 0 Å². The minimum absolute atomic E-state index is 0.0411. The van der Waals surface area contributed by atoms with Crippen LogP contribution in [0.15, 0.2) is 53.4 Å². The standard InChI is InChI=1S/C28H31N3O5S/c32-27(29-15-12-19-6-2-1-3-7-19)20-13-16-31(17-14-20)37(35,36)21-10-11-25-23(18-21)26(28(33)34)22-8-4-5-9-24(22)30-25/h1-3,6-7,10-11,18,20H,4-5,8-9,12-17H2,(H,29,32)(H,33,34). The van der Waals surface area contributed by atoms with Gasteiger partial charge in [0.15, 0.2) is 0 Å². The van der Waals surface area contributed by atoms with Crippen LogP contribution in [-0.2, 0) is 34.1 Å². The van der Waals surface area contributed by atoms with Gasteiger partial charge in [0, 0.05) is 36.6 Å². The van der Waals surface area contributed by atoms with Crippen LogP contribution in [0.3, 0.4) is 0 Å². The maximum Gasteiger partial charge on any atom is 0.336 e. The highest BCUT2D eigenvalue weighted by molar-refractivity contribution is 7.89. The van der Waals surface area contributed by atoms with Gasteiger partial charge in [-0.15, -0.1) is 0 Å². The highest BCUT2D eigenvalue weighted by Crippen LogP contribution is 2.32. The largest absolute Gasteiger partial charge is 0.478 e. The van der Waals surface area contributed by atoms with Crippen molar-refractivity contribution < 1.29 is 23.1 Å². The molecule has 1 saturated heterocycles. The quantitative estimate of drug-likeness (QED) is 0.491. The summed E-state index contributed by atoms with van der Waals surface area (Å²) in [7, 11) is -3.84. The van der Waals surface area contributed by atoms with Gasteiger partial charge in [-0.25, -0.2) is 13.2 Å². The van der Waals surface area contributed by atoms with Crippen LogP contribution in [-0.4, -0.2) is 54.3 Å². The van der Waals surface area contributed by atoms with Crippen molar-refractivity contribution in [2.24, 2.45) is 5.92 Å². The third-order valence-electron chi connectivity index (χ3n) is 7.47. The van der Waals surface area contributed by atoms with Crippen molar-refractivity contribution in [1.29, 1.82) is 0 Å². The van der Waals surface area contributed by atoms with Crippen molar-refractivity contribution >= 4 is 32.8 Å². The molecule has 9 heteroatoms. The number of fused-ring (bicyclic) bond motifs is 2. The zero-order valence-electron chi connectivity index (χ0n) is 20.7. The van der Waals surface area contributed by atoms with Crippen LogP contribution in [0, 0.1) is 5.92 Å². The topological polar surface area (TPSA) is 117 Å². The summed E-state index contributed by atoms with van der Waals surface area (Å²) < 4.78 is 28.3. The van der Waals surface area contributed by atoms with E-state index in [0.29, 0.717) is 36.7 Å². The molecule has 1 aliphatic heterocycles. The number of amides is 1. The Hall–Kier alpha value is -3.30. The smallest absolute Gasteiger partial charge is 0.336 e. The number of sulfonamides is 1. The molecule has 0 unspecified atom stereocenters. The van der Waals surface area contributed by atoms with E-state index in [1.165, 1.54) is 16.4 Å². The number of aromatic nitrogens is 1. The molecule has 37 heavy (non-hydrogen) atoms. The van der Waals surface area contributed by atoms with Crippen LogP contribution in [0.2, 0.25) is 0 Å². The molecule has 0 spiro atoms. The number of hydrogen-bond acceptors (Lipinski definition) is 5. The first-order chi connectivity index (χ1) is 17.8. The molecule has 2 aromatic carbocycles. The van der Waals surface area contributed by atoms with Gasteiger partial charge in [0.05, 0.1) is 16.0 Å². The number of piperidine rings is 1. The number of carbonyl (C=O) groups is 2. The second kappa shape index (κ2) is 10.6. The Bertz CT molecular complexity index is 1430. The second-order valence-corrected chi connectivity index (χ2v) is 11.7. The predicted molar refractivity (Wildman–Crippen MR) is 140 cm³/mol. The van der Waals surface area contributed by atoms with Gasteiger partial charge in [0.1, 0.15) is 0 Å². The molecule has 194 valence electrons. The maximum atomic E-state index is 13.5. The van der Waals surface area contributed by atoms with Gasteiger partial charge in [-0.3, -0.25) is 9.78 Å². The summed E-state index contributed by atoms with van der Waals surface area (Å²) in [6.45, 7) is 1.03. The summed E-state index contributed by atoms with van der Waals surface area (Å²) >= 11 is 0. The fourth-order valence-electron chi connectivity index (χ4n) is 5.43. The molecule has 0 radical (unpaired) electrons. The molecule has 0 atom stereocenters. The fraction of sp³-hybridized carbons (Fsp3) is 0.393. The molecule has 1 aliphatic carbocycles. The normalized spacial score (nSPS) is 16.9. The monoisotopic (exact) mass is 521 g/mol. The lowest BCUT2D eigenvalue weighted by Gasteiger charge is -2.30. The number of carboxylic acids is 1. The van der Waals surface area contributed by atoms with E-state index in [-0.39, 0.29) is 35.4 Å². The van der Waals surface area contributed by atoms with E-state index in [1.54, 1.807) is 6.07 Å². The third-order valence-corrected chi connectivity index (χ3v) is 9.36. The van der Waals surface area contributed by atoms with E-state index in [9.17, 15) is 23.1 Å². The van der Waals surface area contributed by atoms with Crippen molar-refractivity contribution in [3.8, 4) is 0 Å². The number of hydrogen-bond donors (Lipinski definition) is 2. The van der Waals surface area contributed by atoms with E-state index < -0.39 is 16.0 Å². The lowest BCUT2D eigenvalue weighted by molar-refractivity contribution is -0.126. The number of nitrogens with one attached hydrogen (secondary N) is 1. The minimum Gasteiger partial charge on any atom is -0.478 e. The third kappa shape index (κ3) is 5.24. The number of benzene rings is 2. The van der Waals surface area contributed by atoms with Gasteiger partial charge in [-0.1, -0.05) is 30.3 Å². The van der Waals surface area contributed by atoms with Crippen LogP contribution >= 0.6 is 0 Å². The van der Waals surface area contributed by atoms with Crippen molar-refractivity contribution in [2.45, 2.75) is 49.8 Å². The number of pyridine rings is 1. The Balaban J connectivity index is 1.28. The maximum absolute atomic E-state index is 13.5. The van der Waals surface area contributed by atoms with E-state index in [1.807, 2.05) is 30.3 Å². The summed E-state index contributed by atoms with van der Waals surface area (Å²) in [5, 5.41) is 13.3. The van der Waals surface area contributed by atoms with Gasteiger partial charge >= 0.3 is 5.97 Å². The van der Waals surface area contributed by atoms with Gasteiger partial charge in [0.25, 0.3) is 0 Å². The van der Waals surface area contributed by atoms with Crippen LogP contribution in [0.1, 0.15) is 52.9 Å². The molecule has 2 aliphatic rings. The summed E-state index contributed by atoms with van der Waals surface area (Å²) in [6, 6.07) is 14.5. The van der Waals surface area contributed by atoms with Gasteiger partial charge in [0.2, 0.25) is 15.9 Å². The average Bonchev–Trinajstić information content (AvgIpc) is 2.91. The van der Waals surface area contributed by atoms with Gasteiger partial charge < -0.3 is 10.4 Å². The summed E-state index contributed by atoms with van der Waals surface area (Å²) in [5.41, 5.74) is 3.35. The molecule has 3 aromatic rings. The molecule has 5 rings (SSSR count). The summed E-state index contributed by atoms with van der Waals surface area (Å²) in [6.07, 6.45) is 4.88. The molecule has 1 fully saturated rings. The molecule has 1 aromatic heterocycles. The molecule has 8 nitrogen and oxygen atoms in total. The number of carbonyl (C=O) groups excluding carboxylic acids is 1. The second-order valence-electron chi connectivity index (χ2n) is 9.81. The van der Waals surface area contributed by atoms with E-state index in [2.05, 4.69) is 10.3 Å². The fourth-order valence-corrected chi connectivity index (χ4v) is 6.93. The van der Waals surface area contributed by atoms with Gasteiger partial charge in [-0.05, 0) is 74.3 Å². The van der Waals surface area contributed by atoms with Crippen LogP contribution in [0.25, 0.3) is 10.9 Å². The highest BCUT2D eigenvalue weighted by Gasteiger charge is 2.33. The van der Waals surface area contributed by atoms with Crippen LogP contribution in [0.4, 0.5) is 0 Å². The van der Waals surface area contributed by atoms with E-state index in [0.717, 1.165) is 42.5 Å². The molecule has 0 bridgehead atoms. The van der Waals surface area contributed by atoms with E-state index in [4.69, 9.17) is 0 Å². The van der Waals surface area contributed by atoms with Crippen LogP contribution < -0.4 is 5.32 Å². The molecule has 0 saturated carbocycles. The van der Waals surface area contributed by atoms with E-state index >= 15 is 0 Å². The highest BCUT2D eigenvalue weighted by atomic mass is 32.2. The minimum atomic E-state index is -3.84. The first kappa shape index (κ1) is 25.4. The Labute approximate surface area is 216 Å². The first-order valence-electron chi connectivity index (χ1n) is 12.8. The van der Waals surface area contributed by atoms with Crippen molar-refractivity contribution in [2.75, 3.05) is 19.6 Å². The first-order valence-corrected chi connectivity index (χ1v) is 14.3. The summed E-state index contributed by atoms with van der Waals surface area (Å²) in [5.74, 6) is -1.33. The number of carboxylic acid groups (broad SMARTS) is 1. The zero-order chi connectivity index (χ0) is 26.0. The number of aromatic carboxylic acids is 1. The zero-order valence-corrected chi connectivity index (χ0v) is 21.5. The van der Waals surface area contributed by atoms with Gasteiger partial charge in [-0.2, -0.15) is 4.31 Å². The number of rotatable bonds is 7. The SMILES string of the molecule is O=C(O)c1c2c(nc3ccc(S(=O)(=O)N4CCC(C(=O)NCCc5ccccc5)CC4)cc13)CCCC2. The van der Waals surface area contributed by atoms with Crippen molar-refractivity contribution in [3.05, 3.63) is 70.9 Å².